The molecular formula is C21H27NO2. The molecule has 0 atom stereocenters. The van der Waals surface area contributed by atoms with E-state index in [1.54, 1.807) is 12.1 Å². The van der Waals surface area contributed by atoms with Gasteiger partial charge < -0.3 is 0 Å². The highest BCUT2D eigenvalue weighted by molar-refractivity contribution is 5.80. The van der Waals surface area contributed by atoms with Gasteiger partial charge in [-0.1, -0.05) is 65.8 Å². The molecule has 24 heavy (non-hydrogen) atoms. The van der Waals surface area contributed by atoms with Crippen LogP contribution in [0.5, 0.6) is 0 Å². The van der Waals surface area contributed by atoms with E-state index >= 15 is 0 Å². The van der Waals surface area contributed by atoms with Gasteiger partial charge in [-0.05, 0) is 46.1 Å². The molecule has 0 aliphatic heterocycles. The third-order valence-electron chi connectivity index (χ3n) is 4.50. The molecule has 0 N–H and O–H groups in total. The van der Waals surface area contributed by atoms with E-state index < -0.39 is 0 Å². The first-order valence-corrected chi connectivity index (χ1v) is 8.65. The molecule has 3 heteroatoms. The van der Waals surface area contributed by atoms with Crippen molar-refractivity contribution in [2.75, 3.05) is 0 Å². The van der Waals surface area contributed by atoms with E-state index in [-0.39, 0.29) is 10.6 Å². The normalized spacial score (nSPS) is 11.5. The summed E-state index contributed by atoms with van der Waals surface area (Å²) in [5.41, 5.74) is 5.63. The van der Waals surface area contributed by atoms with Crippen molar-refractivity contribution in [1.29, 1.82) is 0 Å². The summed E-state index contributed by atoms with van der Waals surface area (Å²) in [6.45, 7) is 13.0. The van der Waals surface area contributed by atoms with Crippen molar-refractivity contribution < 1.29 is 4.92 Å². The number of hydrogen-bond donors (Lipinski definition) is 0. The first-order valence-electron chi connectivity index (χ1n) is 8.65. The van der Waals surface area contributed by atoms with Gasteiger partial charge >= 0.3 is 0 Å². The van der Waals surface area contributed by atoms with Crippen LogP contribution >= 0.6 is 0 Å². The largest absolute Gasteiger partial charge is 0.277 e. The van der Waals surface area contributed by atoms with Gasteiger partial charge in [0.05, 0.1) is 10.5 Å². The van der Waals surface area contributed by atoms with Gasteiger partial charge in [-0.15, -0.1) is 0 Å². The Morgan fingerprint density at radius 1 is 0.833 bits per heavy atom. The molecule has 0 amide bonds. The van der Waals surface area contributed by atoms with E-state index in [0.29, 0.717) is 17.8 Å². The second kappa shape index (κ2) is 7.16. The van der Waals surface area contributed by atoms with E-state index in [1.807, 2.05) is 12.1 Å². The lowest BCUT2D eigenvalue weighted by Crippen LogP contribution is -2.05. The number of benzene rings is 2. The van der Waals surface area contributed by atoms with Gasteiger partial charge in [-0.25, -0.2) is 0 Å². The Morgan fingerprint density at radius 3 is 1.75 bits per heavy atom. The van der Waals surface area contributed by atoms with Gasteiger partial charge in [0.25, 0.3) is 5.69 Å². The summed E-state index contributed by atoms with van der Waals surface area (Å²) in [6.07, 6.45) is 0. The van der Waals surface area contributed by atoms with Crippen LogP contribution in [0.3, 0.4) is 0 Å². The quantitative estimate of drug-likeness (QED) is 0.457. The minimum Gasteiger partial charge on any atom is -0.258 e. The summed E-state index contributed by atoms with van der Waals surface area (Å²) >= 11 is 0. The van der Waals surface area contributed by atoms with Gasteiger partial charge in [0.1, 0.15) is 0 Å². The molecule has 0 spiro atoms. The maximum Gasteiger partial charge on any atom is 0.277 e. The van der Waals surface area contributed by atoms with Gasteiger partial charge in [-0.2, -0.15) is 0 Å². The lowest BCUT2D eigenvalue weighted by molar-refractivity contribution is -0.384. The smallest absolute Gasteiger partial charge is 0.258 e. The zero-order valence-corrected chi connectivity index (χ0v) is 15.5. The highest BCUT2D eigenvalue weighted by Crippen LogP contribution is 2.41. The zero-order chi connectivity index (χ0) is 18.0. The van der Waals surface area contributed by atoms with Crippen LogP contribution < -0.4 is 0 Å². The van der Waals surface area contributed by atoms with Crippen LogP contribution in [0.15, 0.2) is 36.4 Å². The number of hydrogen-bond acceptors (Lipinski definition) is 2. The van der Waals surface area contributed by atoms with Crippen molar-refractivity contribution >= 4 is 5.69 Å². The SMILES string of the molecule is CC(C)c1cc(C(C)C)c(-c2ccccc2[N+](=O)[O-])c(C(C)C)c1. The lowest BCUT2D eigenvalue weighted by Gasteiger charge is -2.23. The zero-order valence-electron chi connectivity index (χ0n) is 15.5. The Hall–Kier alpha value is -2.16. The van der Waals surface area contributed by atoms with Crippen molar-refractivity contribution in [3.05, 3.63) is 63.2 Å². The fourth-order valence-electron chi connectivity index (χ4n) is 3.11. The Bertz CT molecular complexity index is 716. The predicted octanol–water partition coefficient (Wildman–Crippen LogP) is 6.63. The molecule has 128 valence electrons. The van der Waals surface area contributed by atoms with Crippen LogP contribution in [-0.4, -0.2) is 4.92 Å². The molecule has 3 nitrogen and oxygen atoms in total. The molecule has 0 unspecified atom stereocenters. The van der Waals surface area contributed by atoms with Crippen LogP contribution in [0.1, 0.15) is 76.0 Å². The van der Waals surface area contributed by atoms with Gasteiger partial charge in [0.2, 0.25) is 0 Å². The average molecular weight is 325 g/mol. The maximum atomic E-state index is 11.5. The van der Waals surface area contributed by atoms with Crippen LogP contribution in [0.25, 0.3) is 11.1 Å². The Balaban J connectivity index is 2.89. The molecule has 0 fully saturated rings. The summed E-state index contributed by atoms with van der Waals surface area (Å²) in [5.74, 6) is 1.03. The Labute approximate surface area is 144 Å². The molecule has 0 aliphatic carbocycles. The van der Waals surface area contributed by atoms with E-state index in [2.05, 4.69) is 53.7 Å². The first kappa shape index (κ1) is 18.2. The summed E-state index contributed by atoms with van der Waals surface area (Å²) in [7, 11) is 0. The fourth-order valence-corrected chi connectivity index (χ4v) is 3.11. The van der Waals surface area contributed by atoms with Gasteiger partial charge in [0.15, 0.2) is 0 Å². The number of nitro benzene ring substituents is 1. The number of nitro groups is 1. The Kier molecular flexibility index (Phi) is 5.43. The number of nitrogens with zero attached hydrogens (tertiary/aromatic N) is 1. The van der Waals surface area contributed by atoms with Crippen molar-refractivity contribution in [3.63, 3.8) is 0 Å². The fraction of sp³-hybridized carbons (Fsp3) is 0.429. The van der Waals surface area contributed by atoms with Crippen LogP contribution in [0, 0.1) is 10.1 Å². The van der Waals surface area contributed by atoms with E-state index in [0.717, 1.165) is 11.1 Å². The molecule has 0 aromatic heterocycles. The molecule has 0 saturated carbocycles. The van der Waals surface area contributed by atoms with Crippen molar-refractivity contribution in [2.24, 2.45) is 0 Å². The summed E-state index contributed by atoms with van der Waals surface area (Å²) in [5, 5.41) is 11.5. The average Bonchev–Trinajstić information content (AvgIpc) is 2.53. The standard InChI is InChI=1S/C21H27NO2/c1-13(2)16-11-18(14(3)4)21(19(12-16)15(5)6)17-9-7-8-10-20(17)22(23)24/h7-15H,1-6H3. The predicted molar refractivity (Wildman–Crippen MR) is 101 cm³/mol. The molecule has 0 radical (unpaired) electrons. The highest BCUT2D eigenvalue weighted by atomic mass is 16.6. The lowest BCUT2D eigenvalue weighted by atomic mass is 9.81. The van der Waals surface area contributed by atoms with E-state index in [9.17, 15) is 10.1 Å². The number of rotatable bonds is 5. The monoisotopic (exact) mass is 325 g/mol. The molecule has 0 heterocycles. The second-order valence-corrected chi connectivity index (χ2v) is 7.31. The van der Waals surface area contributed by atoms with Crippen LogP contribution in [0.4, 0.5) is 5.69 Å². The van der Waals surface area contributed by atoms with E-state index in [4.69, 9.17) is 0 Å². The molecule has 2 aromatic carbocycles. The van der Waals surface area contributed by atoms with E-state index in [1.165, 1.54) is 16.7 Å². The highest BCUT2D eigenvalue weighted by Gasteiger charge is 2.23. The minimum absolute atomic E-state index is 0.179. The summed E-state index contributed by atoms with van der Waals surface area (Å²) in [4.78, 5) is 11.3. The second-order valence-electron chi connectivity index (χ2n) is 7.31. The maximum absolute atomic E-state index is 11.5. The topological polar surface area (TPSA) is 43.1 Å². The minimum atomic E-state index is -0.278. The Morgan fingerprint density at radius 2 is 1.33 bits per heavy atom. The summed E-state index contributed by atoms with van der Waals surface area (Å²) in [6, 6.07) is 11.5. The number of para-hydroxylation sites is 1. The summed E-state index contributed by atoms with van der Waals surface area (Å²) < 4.78 is 0. The van der Waals surface area contributed by atoms with Crippen LogP contribution in [0.2, 0.25) is 0 Å². The third-order valence-corrected chi connectivity index (χ3v) is 4.50. The van der Waals surface area contributed by atoms with Crippen LogP contribution in [-0.2, 0) is 0 Å². The van der Waals surface area contributed by atoms with Gasteiger partial charge in [0, 0.05) is 6.07 Å². The molecule has 2 aromatic rings. The third kappa shape index (κ3) is 3.50. The van der Waals surface area contributed by atoms with Gasteiger partial charge in [-0.3, -0.25) is 10.1 Å². The van der Waals surface area contributed by atoms with Crippen molar-refractivity contribution in [2.45, 2.75) is 59.3 Å². The van der Waals surface area contributed by atoms with Crippen molar-refractivity contribution in [3.8, 4) is 11.1 Å². The molecule has 2 rings (SSSR count). The molecule has 0 saturated heterocycles. The molecular weight excluding hydrogens is 298 g/mol. The molecule has 0 aliphatic rings. The van der Waals surface area contributed by atoms with Crippen molar-refractivity contribution in [1.82, 2.24) is 0 Å². The first-order chi connectivity index (χ1) is 11.2. The molecule has 0 bridgehead atoms.